The molecule has 2 N–H and O–H groups in total. The predicted molar refractivity (Wildman–Crippen MR) is 129 cm³/mol. The van der Waals surface area contributed by atoms with Crippen LogP contribution in [0.1, 0.15) is 11.1 Å². The highest BCUT2D eigenvalue weighted by atomic mass is 19.1. The van der Waals surface area contributed by atoms with Crippen molar-refractivity contribution in [2.75, 3.05) is 0 Å². The number of hydrogen-bond acceptors (Lipinski definition) is 3. The second-order valence-electron chi connectivity index (χ2n) is 8.34. The average Bonchev–Trinajstić information content (AvgIpc) is 3.42. The molecule has 0 aliphatic carbocycles. The van der Waals surface area contributed by atoms with Gasteiger partial charge in [0.15, 0.2) is 0 Å². The molecule has 0 atom stereocenters. The van der Waals surface area contributed by atoms with Crippen LogP contribution in [0.3, 0.4) is 0 Å². The molecule has 0 aliphatic rings. The van der Waals surface area contributed by atoms with Gasteiger partial charge >= 0.3 is 0 Å². The van der Waals surface area contributed by atoms with Gasteiger partial charge in [-0.1, -0.05) is 6.07 Å². The summed E-state index contributed by atoms with van der Waals surface area (Å²) in [7, 11) is 0. The number of aryl methyl sites for hydroxylation is 2. The third-order valence-corrected chi connectivity index (χ3v) is 6.03. The van der Waals surface area contributed by atoms with Crippen molar-refractivity contribution in [3.8, 4) is 33.8 Å². The molecule has 33 heavy (non-hydrogen) atoms. The van der Waals surface area contributed by atoms with E-state index in [1.54, 1.807) is 12.4 Å². The molecular formula is C27H20FN5. The van der Waals surface area contributed by atoms with Crippen LogP contribution >= 0.6 is 0 Å². The Hall–Kier alpha value is -4.32. The summed E-state index contributed by atoms with van der Waals surface area (Å²) in [5, 5.41) is 9.67. The lowest BCUT2D eigenvalue weighted by Crippen LogP contribution is -1.87. The third kappa shape index (κ3) is 3.27. The van der Waals surface area contributed by atoms with Crippen LogP contribution in [0.5, 0.6) is 0 Å². The number of hydrogen-bond donors (Lipinski definition) is 2. The Labute approximate surface area is 189 Å². The zero-order chi connectivity index (χ0) is 22.5. The van der Waals surface area contributed by atoms with Gasteiger partial charge in [0.1, 0.15) is 11.5 Å². The van der Waals surface area contributed by atoms with Gasteiger partial charge in [0, 0.05) is 46.0 Å². The summed E-state index contributed by atoms with van der Waals surface area (Å²) in [6, 6.07) is 17.2. The van der Waals surface area contributed by atoms with Crippen molar-refractivity contribution < 1.29 is 4.39 Å². The topological polar surface area (TPSA) is 70.2 Å². The number of aromatic amines is 2. The van der Waals surface area contributed by atoms with Gasteiger partial charge in [0.2, 0.25) is 0 Å². The quantitative estimate of drug-likeness (QED) is 0.331. The van der Waals surface area contributed by atoms with E-state index in [2.05, 4.69) is 44.2 Å². The minimum absolute atomic E-state index is 0.268. The van der Waals surface area contributed by atoms with E-state index >= 15 is 0 Å². The molecule has 6 rings (SSSR count). The van der Waals surface area contributed by atoms with Crippen LogP contribution in [0.15, 0.2) is 73.2 Å². The first-order valence-electron chi connectivity index (χ1n) is 10.7. The van der Waals surface area contributed by atoms with Crippen molar-refractivity contribution in [1.82, 2.24) is 25.1 Å². The molecule has 4 heterocycles. The van der Waals surface area contributed by atoms with Crippen LogP contribution in [-0.2, 0) is 0 Å². The zero-order valence-electron chi connectivity index (χ0n) is 18.1. The molecule has 6 heteroatoms. The van der Waals surface area contributed by atoms with Gasteiger partial charge in [-0.15, -0.1) is 0 Å². The standard InChI is InChI=1S/C27H20FN5/c1-15-9-18(11-19(28)10-15)26-21-13-25(31-23(21)6-8-30-26)27-20-12-17(3-4-24(20)32-33-27)22-14-29-7-5-16(22)2/h3-14,31H,1-2H3,(H,32,33). The third-order valence-electron chi connectivity index (χ3n) is 6.03. The number of aromatic nitrogens is 5. The van der Waals surface area contributed by atoms with Crippen molar-refractivity contribution in [2.24, 2.45) is 0 Å². The first kappa shape index (κ1) is 19.4. The predicted octanol–water partition coefficient (Wildman–Crippen LogP) is 6.59. The maximum absolute atomic E-state index is 14.1. The fourth-order valence-corrected chi connectivity index (χ4v) is 4.44. The first-order chi connectivity index (χ1) is 16.1. The van der Waals surface area contributed by atoms with Crippen LogP contribution < -0.4 is 0 Å². The summed E-state index contributed by atoms with van der Waals surface area (Å²) in [5.41, 5.74) is 9.27. The molecule has 2 aromatic carbocycles. The highest BCUT2D eigenvalue weighted by Gasteiger charge is 2.15. The molecule has 0 amide bonds. The average molecular weight is 433 g/mol. The van der Waals surface area contributed by atoms with E-state index < -0.39 is 0 Å². The van der Waals surface area contributed by atoms with Crippen molar-refractivity contribution in [2.45, 2.75) is 13.8 Å². The lowest BCUT2D eigenvalue weighted by Gasteiger charge is -2.05. The molecule has 5 nitrogen and oxygen atoms in total. The number of pyridine rings is 2. The molecule has 6 aromatic rings. The monoisotopic (exact) mass is 433 g/mol. The lowest BCUT2D eigenvalue weighted by molar-refractivity contribution is 0.627. The maximum atomic E-state index is 14.1. The van der Waals surface area contributed by atoms with E-state index in [0.717, 1.165) is 61.1 Å². The molecule has 0 aliphatic heterocycles. The van der Waals surface area contributed by atoms with Gasteiger partial charge in [-0.3, -0.25) is 15.1 Å². The Kier molecular flexibility index (Phi) is 4.33. The first-order valence-corrected chi connectivity index (χ1v) is 10.7. The molecule has 0 spiro atoms. The largest absolute Gasteiger partial charge is 0.353 e. The molecule has 0 unspecified atom stereocenters. The zero-order valence-corrected chi connectivity index (χ0v) is 18.1. The Balaban J connectivity index is 1.52. The second-order valence-corrected chi connectivity index (χ2v) is 8.34. The van der Waals surface area contributed by atoms with E-state index in [4.69, 9.17) is 0 Å². The minimum Gasteiger partial charge on any atom is -0.353 e. The summed E-state index contributed by atoms with van der Waals surface area (Å²) in [6.07, 6.45) is 5.43. The fourth-order valence-electron chi connectivity index (χ4n) is 4.44. The minimum atomic E-state index is -0.268. The number of halogens is 1. The smallest absolute Gasteiger partial charge is 0.124 e. The molecule has 0 saturated heterocycles. The van der Waals surface area contributed by atoms with Gasteiger partial charge < -0.3 is 4.98 Å². The molecule has 0 fully saturated rings. The number of H-pyrrole nitrogens is 2. The van der Waals surface area contributed by atoms with Crippen molar-refractivity contribution in [1.29, 1.82) is 0 Å². The van der Waals surface area contributed by atoms with Crippen LogP contribution in [0.4, 0.5) is 4.39 Å². The Morgan fingerprint density at radius 3 is 2.52 bits per heavy atom. The second kappa shape index (κ2) is 7.38. The van der Waals surface area contributed by atoms with E-state index in [9.17, 15) is 4.39 Å². The Bertz CT molecular complexity index is 1640. The molecule has 4 aromatic heterocycles. The number of nitrogens with zero attached hydrogens (tertiary/aromatic N) is 3. The number of nitrogens with one attached hydrogen (secondary N) is 2. The summed E-state index contributed by atoms with van der Waals surface area (Å²) >= 11 is 0. The number of benzene rings is 2. The van der Waals surface area contributed by atoms with Gasteiger partial charge in [-0.25, -0.2) is 4.39 Å². The number of rotatable bonds is 3. The highest BCUT2D eigenvalue weighted by molar-refractivity contribution is 6.00. The lowest BCUT2D eigenvalue weighted by atomic mass is 10.0. The highest BCUT2D eigenvalue weighted by Crippen LogP contribution is 2.35. The van der Waals surface area contributed by atoms with E-state index in [1.807, 2.05) is 43.5 Å². The summed E-state index contributed by atoms with van der Waals surface area (Å²) < 4.78 is 14.1. The maximum Gasteiger partial charge on any atom is 0.124 e. The van der Waals surface area contributed by atoms with Crippen LogP contribution in [0.25, 0.3) is 55.6 Å². The van der Waals surface area contributed by atoms with Crippen molar-refractivity contribution in [3.05, 3.63) is 90.1 Å². The molecule has 160 valence electrons. The summed E-state index contributed by atoms with van der Waals surface area (Å²) in [4.78, 5) is 12.3. The molecular weight excluding hydrogens is 413 g/mol. The normalized spacial score (nSPS) is 11.5. The molecule has 0 bridgehead atoms. The molecule has 0 radical (unpaired) electrons. The summed E-state index contributed by atoms with van der Waals surface area (Å²) in [5.74, 6) is -0.268. The summed E-state index contributed by atoms with van der Waals surface area (Å²) in [6.45, 7) is 3.96. The van der Waals surface area contributed by atoms with Gasteiger partial charge in [0.05, 0.1) is 16.9 Å². The van der Waals surface area contributed by atoms with Gasteiger partial charge in [-0.2, -0.15) is 5.10 Å². The van der Waals surface area contributed by atoms with E-state index in [1.165, 1.54) is 17.7 Å². The SMILES string of the molecule is Cc1cc(F)cc(-c2nccc3[nH]c(-c4n[nH]c5ccc(-c6cnccc6C)cc45)cc23)c1. The van der Waals surface area contributed by atoms with E-state index in [-0.39, 0.29) is 5.82 Å². The van der Waals surface area contributed by atoms with Gasteiger partial charge in [0.25, 0.3) is 0 Å². The van der Waals surface area contributed by atoms with Gasteiger partial charge in [-0.05, 0) is 79.1 Å². The van der Waals surface area contributed by atoms with Crippen LogP contribution in [0.2, 0.25) is 0 Å². The van der Waals surface area contributed by atoms with Crippen LogP contribution in [0, 0.1) is 19.7 Å². The fraction of sp³-hybridized carbons (Fsp3) is 0.0741. The number of fused-ring (bicyclic) bond motifs is 2. The molecule has 0 saturated carbocycles. The van der Waals surface area contributed by atoms with Crippen LogP contribution in [-0.4, -0.2) is 25.1 Å². The van der Waals surface area contributed by atoms with E-state index in [0.29, 0.717) is 0 Å². The Morgan fingerprint density at radius 1 is 0.788 bits per heavy atom. The van der Waals surface area contributed by atoms with Crippen molar-refractivity contribution in [3.63, 3.8) is 0 Å². The van der Waals surface area contributed by atoms with Crippen molar-refractivity contribution >= 4 is 21.8 Å². The Morgan fingerprint density at radius 2 is 1.67 bits per heavy atom.